The molecule has 0 spiro atoms. The molecule has 0 unspecified atom stereocenters. The molecule has 1 atom stereocenters. The van der Waals surface area contributed by atoms with E-state index in [0.29, 0.717) is 5.02 Å². The number of carbonyl (C=O) groups is 1. The molecule has 2 aliphatic rings. The molecule has 2 aromatic heterocycles. The molecule has 7 rings (SSSR count). The van der Waals surface area contributed by atoms with Crippen LogP contribution in [-0.4, -0.2) is 52.3 Å². The van der Waals surface area contributed by atoms with Gasteiger partial charge in [-0.15, -0.1) is 0 Å². The molecule has 5 aromatic rings. The molecule has 9 heteroatoms. The molecule has 0 bridgehead atoms. The zero-order valence-electron chi connectivity index (χ0n) is 20.0. The van der Waals surface area contributed by atoms with Crippen LogP contribution in [0, 0.1) is 0 Å². The molecule has 6 nitrogen and oxygen atoms in total. The molecule has 0 radical (unpaired) electrons. The van der Waals surface area contributed by atoms with E-state index in [-0.39, 0.29) is 5.91 Å². The third kappa shape index (κ3) is 4.08. The molecule has 1 fully saturated rings. The molecule has 3 aromatic carbocycles. The summed E-state index contributed by atoms with van der Waals surface area (Å²) < 4.78 is 11.7. The summed E-state index contributed by atoms with van der Waals surface area (Å²) in [6, 6.07) is 20.6. The fourth-order valence-corrected chi connectivity index (χ4v) is 7.33. The van der Waals surface area contributed by atoms with Crippen LogP contribution in [0.3, 0.4) is 0 Å². The zero-order valence-corrected chi connectivity index (χ0v) is 22.4. The van der Waals surface area contributed by atoms with E-state index in [1.807, 2.05) is 30.3 Å². The van der Waals surface area contributed by atoms with Gasteiger partial charge in [-0.05, 0) is 64.9 Å². The van der Waals surface area contributed by atoms with Crippen LogP contribution in [0.5, 0.6) is 0 Å². The van der Waals surface area contributed by atoms with Crippen molar-refractivity contribution in [1.29, 1.82) is 0 Å². The van der Waals surface area contributed by atoms with Gasteiger partial charge in [0, 0.05) is 54.2 Å². The second kappa shape index (κ2) is 9.36. The number of fused-ring (bicyclic) bond motifs is 3. The Balaban J connectivity index is 1.06. The highest BCUT2D eigenvalue weighted by atomic mass is 35.5. The Morgan fingerprint density at radius 1 is 0.919 bits per heavy atom. The summed E-state index contributed by atoms with van der Waals surface area (Å²) in [6.45, 7) is 4.83. The number of nitrogens with zero attached hydrogens (tertiary/aromatic N) is 4. The highest BCUT2D eigenvalue weighted by Crippen LogP contribution is 2.42. The number of halogens is 1. The molecule has 0 aliphatic carbocycles. The van der Waals surface area contributed by atoms with Gasteiger partial charge >= 0.3 is 0 Å². The Morgan fingerprint density at radius 2 is 1.62 bits per heavy atom. The Hall–Kier alpha value is -3.04. The quantitative estimate of drug-likeness (QED) is 0.293. The Labute approximate surface area is 227 Å². The predicted octanol–water partition coefficient (Wildman–Crippen LogP) is 6.01. The monoisotopic (exact) mass is 545 g/mol. The van der Waals surface area contributed by atoms with Gasteiger partial charge < -0.3 is 10.2 Å². The lowest BCUT2D eigenvalue weighted by Crippen LogP contribution is -2.47. The summed E-state index contributed by atoms with van der Waals surface area (Å²) >= 11 is 9.71. The summed E-state index contributed by atoms with van der Waals surface area (Å²) in [5.41, 5.74) is 3.68. The van der Waals surface area contributed by atoms with Crippen molar-refractivity contribution in [2.75, 3.05) is 42.9 Å². The van der Waals surface area contributed by atoms with E-state index >= 15 is 0 Å². The maximum Gasteiger partial charge on any atom is 0.238 e. The zero-order chi connectivity index (χ0) is 24.9. The largest absolute Gasteiger partial charge is 0.353 e. The maximum atomic E-state index is 13.0. The van der Waals surface area contributed by atoms with Crippen LogP contribution in [0.15, 0.2) is 60.7 Å². The fourth-order valence-electron chi connectivity index (χ4n) is 5.47. The van der Waals surface area contributed by atoms with Gasteiger partial charge in [-0.25, -0.2) is 0 Å². The summed E-state index contributed by atoms with van der Waals surface area (Å²) in [6.07, 6.45) is 0.838. The summed E-state index contributed by atoms with van der Waals surface area (Å²) in [4.78, 5) is 17.9. The first kappa shape index (κ1) is 23.1. The molecule has 186 valence electrons. The number of aromatic nitrogens is 2. The predicted molar refractivity (Wildman–Crippen MR) is 154 cm³/mol. The maximum absolute atomic E-state index is 13.0. The SMILES string of the molecule is O=C1Nc2cc(Cl)c(CCN3CCN(c4nsc5ccccc45)CC3)cc2[C@@H]1c1nsc2ccccc12. The Kier molecular flexibility index (Phi) is 5.85. The van der Waals surface area contributed by atoms with E-state index in [2.05, 4.69) is 49.8 Å². The van der Waals surface area contributed by atoms with Gasteiger partial charge in [-0.2, -0.15) is 8.75 Å². The summed E-state index contributed by atoms with van der Waals surface area (Å²) in [5, 5.41) is 6.02. The van der Waals surface area contributed by atoms with Crippen LogP contribution in [0.1, 0.15) is 22.7 Å². The van der Waals surface area contributed by atoms with Crippen molar-refractivity contribution in [1.82, 2.24) is 13.6 Å². The van der Waals surface area contributed by atoms with Gasteiger partial charge in [0.2, 0.25) is 5.91 Å². The van der Waals surface area contributed by atoms with Crippen molar-refractivity contribution in [2.24, 2.45) is 0 Å². The van der Waals surface area contributed by atoms with Crippen molar-refractivity contribution in [2.45, 2.75) is 12.3 Å². The van der Waals surface area contributed by atoms with E-state index in [0.717, 1.165) is 77.6 Å². The smallest absolute Gasteiger partial charge is 0.238 e. The van der Waals surface area contributed by atoms with Crippen molar-refractivity contribution < 1.29 is 4.79 Å². The van der Waals surface area contributed by atoms with Crippen molar-refractivity contribution in [3.8, 4) is 0 Å². The molecule has 4 heterocycles. The molecule has 37 heavy (non-hydrogen) atoms. The van der Waals surface area contributed by atoms with E-state index in [1.165, 1.54) is 21.6 Å². The first-order valence-electron chi connectivity index (χ1n) is 12.4. The molecular formula is C28H24ClN5OS2. The normalized spacial score (nSPS) is 18.0. The molecule has 1 saturated heterocycles. The minimum absolute atomic E-state index is 0.0371. The number of piperazine rings is 1. The lowest BCUT2D eigenvalue weighted by Gasteiger charge is -2.35. The first-order valence-corrected chi connectivity index (χ1v) is 14.4. The van der Waals surface area contributed by atoms with E-state index in [4.69, 9.17) is 16.0 Å². The van der Waals surface area contributed by atoms with Crippen LogP contribution >= 0.6 is 34.7 Å². The molecule has 0 saturated carbocycles. The number of nitrogens with one attached hydrogen (secondary N) is 1. The molecule has 2 aliphatic heterocycles. The molecule has 1 amide bonds. The van der Waals surface area contributed by atoms with E-state index in [1.54, 1.807) is 11.5 Å². The van der Waals surface area contributed by atoms with E-state index in [9.17, 15) is 4.79 Å². The topological polar surface area (TPSA) is 61.4 Å². The number of carbonyl (C=O) groups excluding carboxylic acids is 1. The number of anilines is 2. The van der Waals surface area contributed by atoms with Crippen LogP contribution < -0.4 is 10.2 Å². The van der Waals surface area contributed by atoms with E-state index < -0.39 is 5.92 Å². The van der Waals surface area contributed by atoms with Gasteiger partial charge in [0.1, 0.15) is 11.7 Å². The number of rotatable bonds is 5. The first-order chi connectivity index (χ1) is 18.2. The van der Waals surface area contributed by atoms with Crippen molar-refractivity contribution in [3.05, 3.63) is 82.5 Å². The summed E-state index contributed by atoms with van der Waals surface area (Å²) in [7, 11) is 0. The van der Waals surface area contributed by atoms with Gasteiger partial charge in [0.15, 0.2) is 0 Å². The lowest BCUT2D eigenvalue weighted by molar-refractivity contribution is -0.116. The third-order valence-corrected chi connectivity index (χ3v) is 9.47. The standard InChI is InChI=1S/C28H24ClN5OS2/c29-21-16-22-20(25(28(35)30-22)26-18-5-1-3-7-23(18)36-31-26)15-17(21)9-10-33-11-13-34(14-12-33)27-19-6-2-4-8-24(19)37-32-27/h1-8,15-16,25H,9-14H2,(H,30,35)/t25-/m1/s1. The molecular weight excluding hydrogens is 522 g/mol. The van der Waals surface area contributed by atoms with Crippen LogP contribution in [0.2, 0.25) is 5.02 Å². The average Bonchev–Trinajstić information content (AvgIpc) is 3.62. The van der Waals surface area contributed by atoms with Gasteiger partial charge in [0.25, 0.3) is 0 Å². The highest BCUT2D eigenvalue weighted by molar-refractivity contribution is 7.14. The van der Waals surface area contributed by atoms with Gasteiger partial charge in [0.05, 0.1) is 15.1 Å². The molecule has 1 N–H and O–H groups in total. The minimum atomic E-state index is -0.404. The number of amides is 1. The minimum Gasteiger partial charge on any atom is -0.353 e. The third-order valence-electron chi connectivity index (χ3n) is 7.46. The number of hydrogen-bond acceptors (Lipinski definition) is 7. The second-order valence-corrected chi connectivity index (χ2v) is 11.6. The van der Waals surface area contributed by atoms with Crippen LogP contribution in [0.25, 0.3) is 20.2 Å². The lowest BCUT2D eigenvalue weighted by atomic mass is 9.93. The van der Waals surface area contributed by atoms with Crippen molar-refractivity contribution in [3.63, 3.8) is 0 Å². The van der Waals surface area contributed by atoms with Gasteiger partial charge in [-0.1, -0.05) is 48.0 Å². The second-order valence-electron chi connectivity index (χ2n) is 9.60. The average molecular weight is 546 g/mol. The van der Waals surface area contributed by atoms with Crippen LogP contribution in [-0.2, 0) is 11.2 Å². The van der Waals surface area contributed by atoms with Crippen molar-refractivity contribution >= 4 is 72.3 Å². The summed E-state index contributed by atoms with van der Waals surface area (Å²) in [5.74, 6) is 0.670. The Morgan fingerprint density at radius 3 is 2.43 bits per heavy atom. The number of benzene rings is 3. The van der Waals surface area contributed by atoms with Crippen LogP contribution in [0.4, 0.5) is 11.5 Å². The Bertz CT molecular complexity index is 1640. The fraction of sp³-hybridized carbons (Fsp3) is 0.250. The highest BCUT2D eigenvalue weighted by Gasteiger charge is 2.35. The number of hydrogen-bond donors (Lipinski definition) is 1. The van der Waals surface area contributed by atoms with Gasteiger partial charge in [-0.3, -0.25) is 9.69 Å².